The Morgan fingerprint density at radius 3 is 2.82 bits per heavy atom. The highest BCUT2D eigenvalue weighted by atomic mass is 16.5. The maximum Gasteiger partial charge on any atom is 0.0757 e. The van der Waals surface area contributed by atoms with Crippen LogP contribution in [-0.4, -0.2) is 62.5 Å². The first-order valence-electron chi connectivity index (χ1n) is 6.55. The molecule has 1 fully saturated rings. The number of ether oxygens (including phenoxy) is 2. The molecule has 1 heterocycles. The van der Waals surface area contributed by atoms with Gasteiger partial charge in [0.25, 0.3) is 0 Å². The molecule has 2 atom stereocenters. The van der Waals surface area contributed by atoms with Crippen LogP contribution in [-0.2, 0) is 9.47 Å². The molecule has 4 nitrogen and oxygen atoms in total. The van der Waals surface area contributed by atoms with E-state index in [0.29, 0.717) is 12.1 Å². The van der Waals surface area contributed by atoms with E-state index in [2.05, 4.69) is 37.9 Å². The highest BCUT2D eigenvalue weighted by molar-refractivity contribution is 4.82. The minimum absolute atomic E-state index is 0.0180. The van der Waals surface area contributed by atoms with Gasteiger partial charge in [-0.15, -0.1) is 0 Å². The third-order valence-corrected chi connectivity index (χ3v) is 2.98. The summed E-state index contributed by atoms with van der Waals surface area (Å²) < 4.78 is 11.0. The van der Waals surface area contributed by atoms with Crippen molar-refractivity contribution in [2.24, 2.45) is 0 Å². The second-order valence-corrected chi connectivity index (χ2v) is 5.73. The molecule has 0 amide bonds. The van der Waals surface area contributed by atoms with Crippen molar-refractivity contribution in [3.05, 3.63) is 0 Å². The maximum atomic E-state index is 5.89. The molecule has 17 heavy (non-hydrogen) atoms. The van der Waals surface area contributed by atoms with Crippen molar-refractivity contribution in [2.75, 3.05) is 39.9 Å². The van der Waals surface area contributed by atoms with Crippen LogP contribution in [0.5, 0.6) is 0 Å². The summed E-state index contributed by atoms with van der Waals surface area (Å²) in [7, 11) is 1.74. The summed E-state index contributed by atoms with van der Waals surface area (Å²) in [5.41, 5.74) is -0.0180. The SMILES string of the molecule is COCC(C)NCCN1CC(C)OC(C)(C)C1. The Bertz CT molecular complexity index is 221. The van der Waals surface area contributed by atoms with E-state index in [-0.39, 0.29) is 5.60 Å². The number of hydrogen-bond donors (Lipinski definition) is 1. The lowest BCUT2D eigenvalue weighted by atomic mass is 10.1. The molecule has 0 spiro atoms. The predicted octanol–water partition coefficient (Wildman–Crippen LogP) is 1.11. The van der Waals surface area contributed by atoms with Crippen LogP contribution in [0.25, 0.3) is 0 Å². The van der Waals surface area contributed by atoms with Crippen molar-refractivity contribution in [3.63, 3.8) is 0 Å². The summed E-state index contributed by atoms with van der Waals surface area (Å²) in [4.78, 5) is 2.47. The van der Waals surface area contributed by atoms with Crippen molar-refractivity contribution >= 4 is 0 Å². The molecule has 0 saturated carbocycles. The number of nitrogens with zero attached hydrogens (tertiary/aromatic N) is 1. The van der Waals surface area contributed by atoms with Crippen molar-refractivity contribution in [3.8, 4) is 0 Å². The van der Waals surface area contributed by atoms with Gasteiger partial charge in [0, 0.05) is 39.3 Å². The first-order valence-corrected chi connectivity index (χ1v) is 6.55. The lowest BCUT2D eigenvalue weighted by Crippen LogP contribution is -2.53. The number of morpholine rings is 1. The minimum Gasteiger partial charge on any atom is -0.383 e. The third kappa shape index (κ3) is 5.82. The van der Waals surface area contributed by atoms with Crippen LogP contribution in [0.3, 0.4) is 0 Å². The van der Waals surface area contributed by atoms with E-state index in [1.165, 1.54) is 0 Å². The Kier molecular flexibility index (Phi) is 5.86. The summed E-state index contributed by atoms with van der Waals surface area (Å²) in [6.45, 7) is 13.5. The molecule has 1 saturated heterocycles. The first-order chi connectivity index (χ1) is 7.93. The van der Waals surface area contributed by atoms with E-state index in [9.17, 15) is 0 Å². The van der Waals surface area contributed by atoms with Crippen LogP contribution in [0.4, 0.5) is 0 Å². The van der Waals surface area contributed by atoms with Crippen LogP contribution in [0.2, 0.25) is 0 Å². The molecule has 0 bridgehead atoms. The average Bonchev–Trinajstić information content (AvgIpc) is 2.14. The normalized spacial score (nSPS) is 27.0. The zero-order valence-corrected chi connectivity index (χ0v) is 12.0. The molecule has 0 aromatic rings. The maximum absolute atomic E-state index is 5.89. The molecule has 1 aliphatic heterocycles. The first kappa shape index (κ1) is 14.9. The van der Waals surface area contributed by atoms with Crippen molar-refractivity contribution < 1.29 is 9.47 Å². The van der Waals surface area contributed by atoms with Gasteiger partial charge in [0.1, 0.15) is 0 Å². The Balaban J connectivity index is 2.22. The van der Waals surface area contributed by atoms with E-state index in [0.717, 1.165) is 32.8 Å². The quantitative estimate of drug-likeness (QED) is 0.759. The zero-order chi connectivity index (χ0) is 12.9. The van der Waals surface area contributed by atoms with Gasteiger partial charge >= 0.3 is 0 Å². The molecule has 0 aromatic carbocycles. The molecule has 0 aromatic heterocycles. The van der Waals surface area contributed by atoms with Gasteiger partial charge in [-0.1, -0.05) is 0 Å². The van der Waals surface area contributed by atoms with Gasteiger partial charge in [-0.2, -0.15) is 0 Å². The van der Waals surface area contributed by atoms with E-state index in [1.54, 1.807) is 7.11 Å². The highest BCUT2D eigenvalue weighted by Gasteiger charge is 2.30. The molecule has 0 aliphatic carbocycles. The summed E-state index contributed by atoms with van der Waals surface area (Å²) in [5, 5.41) is 3.47. The number of nitrogens with one attached hydrogen (secondary N) is 1. The monoisotopic (exact) mass is 244 g/mol. The highest BCUT2D eigenvalue weighted by Crippen LogP contribution is 2.20. The summed E-state index contributed by atoms with van der Waals surface area (Å²) in [6, 6.07) is 0.423. The molecule has 102 valence electrons. The van der Waals surface area contributed by atoms with E-state index >= 15 is 0 Å². The Morgan fingerprint density at radius 1 is 1.53 bits per heavy atom. The van der Waals surface area contributed by atoms with Gasteiger partial charge < -0.3 is 14.8 Å². The van der Waals surface area contributed by atoms with E-state index in [4.69, 9.17) is 9.47 Å². The Hall–Kier alpha value is -0.160. The zero-order valence-electron chi connectivity index (χ0n) is 12.0. The van der Waals surface area contributed by atoms with Gasteiger partial charge in [-0.05, 0) is 27.7 Å². The third-order valence-electron chi connectivity index (χ3n) is 2.98. The van der Waals surface area contributed by atoms with E-state index in [1.807, 2.05) is 0 Å². The second-order valence-electron chi connectivity index (χ2n) is 5.73. The van der Waals surface area contributed by atoms with Crippen LogP contribution in [0.15, 0.2) is 0 Å². The molecule has 1 aliphatic rings. The van der Waals surface area contributed by atoms with Gasteiger partial charge in [-0.25, -0.2) is 0 Å². The standard InChI is InChI=1S/C13H28N2O2/c1-11(9-16-5)14-6-7-15-8-12(2)17-13(3,4)10-15/h11-12,14H,6-10H2,1-5H3. The fourth-order valence-electron chi connectivity index (χ4n) is 2.53. The van der Waals surface area contributed by atoms with Crippen LogP contribution in [0, 0.1) is 0 Å². The molecule has 4 heteroatoms. The second kappa shape index (κ2) is 6.69. The largest absolute Gasteiger partial charge is 0.383 e. The molecule has 2 unspecified atom stereocenters. The van der Waals surface area contributed by atoms with Gasteiger partial charge in [-0.3, -0.25) is 4.90 Å². The Labute approximate surface area is 106 Å². The molecule has 0 radical (unpaired) electrons. The van der Waals surface area contributed by atoms with Crippen LogP contribution in [0.1, 0.15) is 27.7 Å². The molecular formula is C13H28N2O2. The molecular weight excluding hydrogens is 216 g/mol. The topological polar surface area (TPSA) is 33.7 Å². The number of methoxy groups -OCH3 is 1. The predicted molar refractivity (Wildman–Crippen MR) is 70.4 cm³/mol. The van der Waals surface area contributed by atoms with Gasteiger partial charge in [0.2, 0.25) is 0 Å². The van der Waals surface area contributed by atoms with Crippen molar-refractivity contribution in [2.45, 2.75) is 45.4 Å². The fraction of sp³-hybridized carbons (Fsp3) is 1.00. The number of hydrogen-bond acceptors (Lipinski definition) is 4. The van der Waals surface area contributed by atoms with E-state index < -0.39 is 0 Å². The lowest BCUT2D eigenvalue weighted by molar-refractivity contribution is -0.128. The van der Waals surface area contributed by atoms with Crippen LogP contribution < -0.4 is 5.32 Å². The van der Waals surface area contributed by atoms with Gasteiger partial charge in [0.05, 0.1) is 18.3 Å². The summed E-state index contributed by atoms with van der Waals surface area (Å²) in [5.74, 6) is 0. The number of rotatable bonds is 6. The fourth-order valence-corrected chi connectivity index (χ4v) is 2.53. The smallest absolute Gasteiger partial charge is 0.0757 e. The summed E-state index contributed by atoms with van der Waals surface area (Å²) in [6.07, 6.45) is 0.329. The molecule has 1 N–H and O–H groups in total. The minimum atomic E-state index is -0.0180. The van der Waals surface area contributed by atoms with Crippen LogP contribution >= 0.6 is 0 Å². The lowest BCUT2D eigenvalue weighted by Gasteiger charge is -2.41. The molecule has 1 rings (SSSR count). The van der Waals surface area contributed by atoms with Crippen molar-refractivity contribution in [1.29, 1.82) is 0 Å². The Morgan fingerprint density at radius 2 is 2.24 bits per heavy atom. The van der Waals surface area contributed by atoms with Gasteiger partial charge in [0.15, 0.2) is 0 Å². The summed E-state index contributed by atoms with van der Waals surface area (Å²) >= 11 is 0. The van der Waals surface area contributed by atoms with Crippen molar-refractivity contribution in [1.82, 2.24) is 10.2 Å². The average molecular weight is 244 g/mol.